The molecule has 1 aromatic carbocycles. The molecule has 0 aliphatic rings. The molecule has 0 radical (unpaired) electrons. The maximum Gasteiger partial charge on any atom is 0.182 e. The summed E-state index contributed by atoms with van der Waals surface area (Å²) in [6.45, 7) is 4.28. The summed E-state index contributed by atoms with van der Waals surface area (Å²) in [5, 5.41) is 7.93. The van der Waals surface area contributed by atoms with E-state index in [2.05, 4.69) is 38.1 Å². The number of thiazole rings is 1. The minimum absolute atomic E-state index is 0.629. The fraction of sp³-hybridized carbons (Fsp3) is 0.357. The number of aromatic nitrogens is 1. The maximum absolute atomic E-state index is 7.93. The molecule has 2 nitrogen and oxygen atoms in total. The zero-order chi connectivity index (χ0) is 12.4. The molecule has 3 heteroatoms. The van der Waals surface area contributed by atoms with Crippen molar-refractivity contribution in [3.05, 3.63) is 39.5 Å². The van der Waals surface area contributed by atoms with Crippen molar-refractivity contribution >= 4 is 11.3 Å². The largest absolute Gasteiger partial charge is 0.320 e. The van der Waals surface area contributed by atoms with Crippen LogP contribution in [0.4, 0.5) is 0 Å². The van der Waals surface area contributed by atoms with E-state index in [9.17, 15) is 0 Å². The van der Waals surface area contributed by atoms with Crippen molar-refractivity contribution in [2.45, 2.75) is 26.7 Å². The molecule has 0 atom stereocenters. The number of hydrogen-bond donors (Lipinski definition) is 1. The third-order valence-electron chi connectivity index (χ3n) is 2.93. The number of nitrogens with zero attached hydrogens (tertiary/aromatic N) is 1. The van der Waals surface area contributed by atoms with Crippen LogP contribution in [0.1, 0.15) is 23.8 Å². The molecule has 2 aromatic rings. The molecule has 0 amide bonds. The Morgan fingerprint density at radius 3 is 2.47 bits per heavy atom. The fourth-order valence-electron chi connectivity index (χ4n) is 1.98. The Hall–Kier alpha value is -1.35. The van der Waals surface area contributed by atoms with Gasteiger partial charge in [0.15, 0.2) is 4.80 Å². The summed E-state index contributed by atoms with van der Waals surface area (Å²) in [5.41, 5.74) is 3.70. The first-order valence-corrected chi connectivity index (χ1v) is 6.75. The average molecular weight is 246 g/mol. The minimum Gasteiger partial charge on any atom is -0.320 e. The maximum atomic E-state index is 7.93. The van der Waals surface area contributed by atoms with E-state index in [1.807, 2.05) is 11.6 Å². The molecular formula is C14H18N2S. The van der Waals surface area contributed by atoms with Crippen LogP contribution in [0.2, 0.25) is 0 Å². The van der Waals surface area contributed by atoms with Gasteiger partial charge in [0.25, 0.3) is 0 Å². The molecule has 0 fully saturated rings. The Bertz CT molecular complexity index is 561. The first-order chi connectivity index (χ1) is 8.13. The number of benzene rings is 1. The first-order valence-electron chi connectivity index (χ1n) is 5.93. The van der Waals surface area contributed by atoms with Crippen LogP contribution in [0.25, 0.3) is 11.3 Å². The fourth-order valence-corrected chi connectivity index (χ4v) is 3.10. The van der Waals surface area contributed by atoms with Crippen molar-refractivity contribution < 1.29 is 0 Å². The summed E-state index contributed by atoms with van der Waals surface area (Å²) in [6, 6.07) is 8.56. The van der Waals surface area contributed by atoms with Crippen LogP contribution >= 0.6 is 11.3 Å². The van der Waals surface area contributed by atoms with Crippen molar-refractivity contribution in [3.63, 3.8) is 0 Å². The van der Waals surface area contributed by atoms with E-state index in [1.54, 1.807) is 11.3 Å². The zero-order valence-corrected chi connectivity index (χ0v) is 11.4. The highest BCUT2D eigenvalue weighted by Crippen LogP contribution is 2.26. The van der Waals surface area contributed by atoms with Gasteiger partial charge in [0, 0.05) is 11.9 Å². The predicted molar refractivity (Wildman–Crippen MR) is 73.3 cm³/mol. The van der Waals surface area contributed by atoms with Crippen LogP contribution in [0.3, 0.4) is 0 Å². The van der Waals surface area contributed by atoms with Crippen LogP contribution in [0, 0.1) is 12.3 Å². The van der Waals surface area contributed by atoms with Gasteiger partial charge >= 0.3 is 0 Å². The van der Waals surface area contributed by atoms with E-state index in [-0.39, 0.29) is 0 Å². The molecular weight excluding hydrogens is 228 g/mol. The average Bonchev–Trinajstić information content (AvgIpc) is 2.57. The third-order valence-corrected chi connectivity index (χ3v) is 4.04. The van der Waals surface area contributed by atoms with Crippen molar-refractivity contribution in [3.8, 4) is 11.3 Å². The Labute approximate surface area is 106 Å². The quantitative estimate of drug-likeness (QED) is 0.859. The highest BCUT2D eigenvalue weighted by atomic mass is 32.1. The molecule has 1 aromatic heterocycles. The molecule has 90 valence electrons. The first kappa shape index (κ1) is 12.1. The van der Waals surface area contributed by atoms with Gasteiger partial charge in [-0.2, -0.15) is 0 Å². The monoisotopic (exact) mass is 246 g/mol. The molecule has 0 saturated carbocycles. The third kappa shape index (κ3) is 2.34. The summed E-state index contributed by atoms with van der Waals surface area (Å²) in [6.07, 6.45) is 2.18. The molecule has 1 N–H and O–H groups in total. The lowest BCUT2D eigenvalue weighted by Gasteiger charge is -2.06. The Kier molecular flexibility index (Phi) is 3.48. The summed E-state index contributed by atoms with van der Waals surface area (Å²) >= 11 is 1.59. The molecule has 0 aliphatic heterocycles. The van der Waals surface area contributed by atoms with E-state index >= 15 is 0 Å². The van der Waals surface area contributed by atoms with E-state index < -0.39 is 0 Å². The van der Waals surface area contributed by atoms with Gasteiger partial charge < -0.3 is 4.57 Å². The summed E-state index contributed by atoms with van der Waals surface area (Å²) in [5.74, 6) is 0. The number of rotatable bonds is 3. The van der Waals surface area contributed by atoms with E-state index in [0.717, 1.165) is 12.8 Å². The van der Waals surface area contributed by atoms with Crippen LogP contribution in [-0.2, 0) is 13.5 Å². The lowest BCUT2D eigenvalue weighted by molar-refractivity contribution is 0.852. The van der Waals surface area contributed by atoms with E-state index in [1.165, 1.54) is 21.7 Å². The Balaban J connectivity index is 2.57. The number of nitrogens with one attached hydrogen (secondary N) is 1. The smallest absolute Gasteiger partial charge is 0.182 e. The normalized spacial score (nSPS) is 10.8. The van der Waals surface area contributed by atoms with Crippen molar-refractivity contribution in [1.29, 1.82) is 5.41 Å². The summed E-state index contributed by atoms with van der Waals surface area (Å²) < 4.78 is 1.99. The van der Waals surface area contributed by atoms with Gasteiger partial charge in [0.2, 0.25) is 0 Å². The second kappa shape index (κ2) is 4.88. The number of aryl methyl sites for hydroxylation is 2. The van der Waals surface area contributed by atoms with Crippen molar-refractivity contribution in [1.82, 2.24) is 4.57 Å². The van der Waals surface area contributed by atoms with Crippen LogP contribution in [0.15, 0.2) is 24.3 Å². The van der Waals surface area contributed by atoms with Gasteiger partial charge in [-0.05, 0) is 18.9 Å². The lowest BCUT2D eigenvalue weighted by Crippen LogP contribution is -2.08. The van der Waals surface area contributed by atoms with E-state index in [0.29, 0.717) is 4.80 Å². The van der Waals surface area contributed by atoms with Gasteiger partial charge in [0.05, 0.1) is 5.69 Å². The van der Waals surface area contributed by atoms with E-state index in [4.69, 9.17) is 5.41 Å². The van der Waals surface area contributed by atoms with Crippen LogP contribution in [-0.4, -0.2) is 4.57 Å². The SMILES string of the molecule is CCCc1sc(=N)n(C)c1-c1ccc(C)cc1. The molecule has 0 saturated heterocycles. The van der Waals surface area contributed by atoms with Gasteiger partial charge in [-0.15, -0.1) is 11.3 Å². The molecule has 0 bridgehead atoms. The second-order valence-electron chi connectivity index (χ2n) is 4.35. The highest BCUT2D eigenvalue weighted by molar-refractivity contribution is 7.09. The Morgan fingerprint density at radius 2 is 1.88 bits per heavy atom. The standard InChI is InChI=1S/C14H18N2S/c1-4-5-12-13(16(3)14(15)17-12)11-8-6-10(2)7-9-11/h6-9,15H,4-5H2,1-3H3. The molecule has 0 aliphatic carbocycles. The second-order valence-corrected chi connectivity index (χ2v) is 5.44. The Morgan fingerprint density at radius 1 is 1.24 bits per heavy atom. The van der Waals surface area contributed by atoms with Crippen LogP contribution in [0.5, 0.6) is 0 Å². The topological polar surface area (TPSA) is 28.8 Å². The lowest BCUT2D eigenvalue weighted by atomic mass is 10.1. The van der Waals surface area contributed by atoms with Crippen LogP contribution < -0.4 is 4.80 Å². The summed E-state index contributed by atoms with van der Waals surface area (Å²) in [7, 11) is 1.98. The van der Waals surface area contributed by atoms with Crippen molar-refractivity contribution in [2.24, 2.45) is 7.05 Å². The molecule has 0 unspecified atom stereocenters. The van der Waals surface area contributed by atoms with Gasteiger partial charge in [-0.1, -0.05) is 43.2 Å². The highest BCUT2D eigenvalue weighted by Gasteiger charge is 2.11. The molecule has 2 rings (SSSR count). The van der Waals surface area contributed by atoms with Crippen molar-refractivity contribution in [2.75, 3.05) is 0 Å². The van der Waals surface area contributed by atoms with Gasteiger partial charge in [-0.3, -0.25) is 5.41 Å². The van der Waals surface area contributed by atoms with Gasteiger partial charge in [-0.25, -0.2) is 0 Å². The van der Waals surface area contributed by atoms with Gasteiger partial charge in [0.1, 0.15) is 0 Å². The number of hydrogen-bond acceptors (Lipinski definition) is 2. The molecule has 0 spiro atoms. The molecule has 17 heavy (non-hydrogen) atoms. The summed E-state index contributed by atoms with van der Waals surface area (Å²) in [4.78, 5) is 1.95. The zero-order valence-electron chi connectivity index (χ0n) is 10.6. The molecule has 1 heterocycles. The predicted octanol–water partition coefficient (Wildman–Crippen LogP) is 3.49. The minimum atomic E-state index is 0.629.